The van der Waals surface area contributed by atoms with Crippen molar-refractivity contribution < 1.29 is 4.79 Å². The van der Waals surface area contributed by atoms with Crippen LogP contribution in [0.5, 0.6) is 0 Å². The molecule has 1 rings (SSSR count). The molecule has 0 spiro atoms. The van der Waals surface area contributed by atoms with E-state index in [4.69, 9.17) is 0 Å². The Hall–Kier alpha value is -1.37. The lowest BCUT2D eigenvalue weighted by atomic mass is 9.96. The average molecular weight is 230 g/mol. The Bertz CT molecular complexity index is 404. The smallest absolute Gasteiger partial charge is 0.159 e. The summed E-state index contributed by atoms with van der Waals surface area (Å²) in [5.74, 6) is 0.202. The highest BCUT2D eigenvalue weighted by Gasteiger charge is 2.07. The van der Waals surface area contributed by atoms with Crippen LogP contribution in [0.4, 0.5) is 0 Å². The first kappa shape index (κ1) is 13.7. The molecule has 92 valence electrons. The first-order valence-electron chi connectivity index (χ1n) is 6.30. The van der Waals surface area contributed by atoms with Crippen LogP contribution >= 0.6 is 0 Å². The van der Waals surface area contributed by atoms with E-state index in [1.165, 1.54) is 22.3 Å². The number of hydrogen-bond acceptors (Lipinski definition) is 1. The van der Waals surface area contributed by atoms with Crippen LogP contribution in [0.2, 0.25) is 0 Å². The quantitative estimate of drug-likeness (QED) is 0.697. The molecule has 0 atom stereocenters. The topological polar surface area (TPSA) is 17.1 Å². The SMILES string of the molecule is CCCC=CC(=O)Cc1c(C)cc(C)cc1C. The number of benzene rings is 1. The molecule has 1 heteroatoms. The van der Waals surface area contributed by atoms with E-state index in [0.717, 1.165) is 12.8 Å². The summed E-state index contributed by atoms with van der Waals surface area (Å²) < 4.78 is 0. The molecule has 1 aromatic carbocycles. The number of aryl methyl sites for hydroxylation is 3. The fourth-order valence-corrected chi connectivity index (χ4v) is 2.10. The molecule has 0 unspecified atom stereocenters. The van der Waals surface area contributed by atoms with Gasteiger partial charge in [0.1, 0.15) is 0 Å². The molecule has 0 heterocycles. The largest absolute Gasteiger partial charge is 0.294 e. The van der Waals surface area contributed by atoms with E-state index in [1.54, 1.807) is 6.08 Å². The van der Waals surface area contributed by atoms with Gasteiger partial charge >= 0.3 is 0 Å². The van der Waals surface area contributed by atoms with E-state index in [1.807, 2.05) is 6.08 Å². The molecule has 0 bridgehead atoms. The van der Waals surface area contributed by atoms with Gasteiger partial charge in [-0.05, 0) is 50.0 Å². The zero-order valence-electron chi connectivity index (χ0n) is 11.3. The average Bonchev–Trinajstić information content (AvgIpc) is 2.24. The van der Waals surface area contributed by atoms with Gasteiger partial charge in [-0.2, -0.15) is 0 Å². The van der Waals surface area contributed by atoms with Crippen molar-refractivity contribution in [3.8, 4) is 0 Å². The number of carbonyl (C=O) groups excluding carboxylic acids is 1. The third-order valence-electron chi connectivity index (χ3n) is 2.95. The Morgan fingerprint density at radius 3 is 2.29 bits per heavy atom. The van der Waals surface area contributed by atoms with Crippen LogP contribution in [-0.2, 0) is 11.2 Å². The second-order valence-corrected chi connectivity index (χ2v) is 4.71. The van der Waals surface area contributed by atoms with Crippen LogP contribution in [0.3, 0.4) is 0 Å². The van der Waals surface area contributed by atoms with Gasteiger partial charge in [0.2, 0.25) is 0 Å². The van der Waals surface area contributed by atoms with Crippen LogP contribution in [-0.4, -0.2) is 5.78 Å². The van der Waals surface area contributed by atoms with Crippen molar-refractivity contribution in [2.75, 3.05) is 0 Å². The summed E-state index contributed by atoms with van der Waals surface area (Å²) >= 11 is 0. The van der Waals surface area contributed by atoms with Gasteiger partial charge < -0.3 is 0 Å². The number of ketones is 1. The maximum absolute atomic E-state index is 11.8. The number of unbranched alkanes of at least 4 members (excludes halogenated alkanes) is 1. The predicted octanol–water partition coefficient (Wildman–Crippen LogP) is 4.08. The molecule has 0 aliphatic carbocycles. The van der Waals surface area contributed by atoms with E-state index in [2.05, 4.69) is 39.8 Å². The minimum absolute atomic E-state index is 0.202. The normalized spacial score (nSPS) is 11.1. The number of hydrogen-bond donors (Lipinski definition) is 0. The highest BCUT2D eigenvalue weighted by Crippen LogP contribution is 2.17. The summed E-state index contributed by atoms with van der Waals surface area (Å²) in [4.78, 5) is 11.8. The first-order valence-corrected chi connectivity index (χ1v) is 6.30. The van der Waals surface area contributed by atoms with Gasteiger partial charge in [-0.15, -0.1) is 0 Å². The zero-order chi connectivity index (χ0) is 12.8. The lowest BCUT2D eigenvalue weighted by Gasteiger charge is -2.09. The summed E-state index contributed by atoms with van der Waals surface area (Å²) in [5, 5.41) is 0. The highest BCUT2D eigenvalue weighted by molar-refractivity contribution is 5.91. The van der Waals surface area contributed by atoms with E-state index >= 15 is 0 Å². The van der Waals surface area contributed by atoms with Crippen LogP contribution < -0.4 is 0 Å². The number of rotatable bonds is 5. The third-order valence-corrected chi connectivity index (χ3v) is 2.95. The number of allylic oxidation sites excluding steroid dienone is 2. The molecule has 1 aromatic rings. The second kappa shape index (κ2) is 6.39. The third kappa shape index (κ3) is 4.18. The molecule has 17 heavy (non-hydrogen) atoms. The van der Waals surface area contributed by atoms with Gasteiger partial charge in [0.05, 0.1) is 0 Å². The van der Waals surface area contributed by atoms with Gasteiger partial charge in [0.25, 0.3) is 0 Å². The fourth-order valence-electron chi connectivity index (χ4n) is 2.10. The van der Waals surface area contributed by atoms with Crippen LogP contribution in [0, 0.1) is 20.8 Å². The van der Waals surface area contributed by atoms with E-state index in [9.17, 15) is 4.79 Å². The van der Waals surface area contributed by atoms with Crippen LogP contribution in [0.15, 0.2) is 24.3 Å². The monoisotopic (exact) mass is 230 g/mol. The molecule has 0 radical (unpaired) electrons. The lowest BCUT2D eigenvalue weighted by Crippen LogP contribution is -2.03. The highest BCUT2D eigenvalue weighted by atomic mass is 16.1. The van der Waals surface area contributed by atoms with Crippen molar-refractivity contribution >= 4 is 5.78 Å². The molecule has 0 aliphatic rings. The van der Waals surface area contributed by atoms with Crippen LogP contribution in [0.1, 0.15) is 42.0 Å². The molecule has 0 N–H and O–H groups in total. The zero-order valence-corrected chi connectivity index (χ0v) is 11.3. The first-order chi connectivity index (χ1) is 8.04. The Morgan fingerprint density at radius 2 is 1.76 bits per heavy atom. The van der Waals surface area contributed by atoms with Gasteiger partial charge in [-0.1, -0.05) is 37.1 Å². The Morgan fingerprint density at radius 1 is 1.18 bits per heavy atom. The van der Waals surface area contributed by atoms with Gasteiger partial charge in [0, 0.05) is 6.42 Å². The minimum atomic E-state index is 0.202. The molecule has 0 amide bonds. The number of carbonyl (C=O) groups is 1. The summed E-state index contributed by atoms with van der Waals surface area (Å²) in [7, 11) is 0. The van der Waals surface area contributed by atoms with E-state index < -0.39 is 0 Å². The Balaban J connectivity index is 2.78. The molecule has 0 fully saturated rings. The summed E-state index contributed by atoms with van der Waals surface area (Å²) in [6, 6.07) is 4.29. The minimum Gasteiger partial charge on any atom is -0.294 e. The van der Waals surface area contributed by atoms with Crippen molar-refractivity contribution in [1.29, 1.82) is 0 Å². The summed E-state index contributed by atoms with van der Waals surface area (Å²) in [6.07, 6.45) is 6.30. The van der Waals surface area contributed by atoms with Crippen molar-refractivity contribution in [2.45, 2.75) is 47.0 Å². The molecule has 0 aromatic heterocycles. The van der Waals surface area contributed by atoms with Crippen molar-refractivity contribution in [2.24, 2.45) is 0 Å². The van der Waals surface area contributed by atoms with Crippen LogP contribution in [0.25, 0.3) is 0 Å². The predicted molar refractivity (Wildman–Crippen MR) is 73.4 cm³/mol. The van der Waals surface area contributed by atoms with Crippen molar-refractivity contribution in [3.05, 3.63) is 46.5 Å². The summed E-state index contributed by atoms with van der Waals surface area (Å²) in [5.41, 5.74) is 4.89. The Kier molecular flexibility index (Phi) is 5.14. The van der Waals surface area contributed by atoms with Gasteiger partial charge in [-0.25, -0.2) is 0 Å². The molecule has 0 aliphatic heterocycles. The van der Waals surface area contributed by atoms with Gasteiger partial charge in [0.15, 0.2) is 5.78 Å². The molecular formula is C16H22O. The fraction of sp³-hybridized carbons (Fsp3) is 0.438. The second-order valence-electron chi connectivity index (χ2n) is 4.71. The summed E-state index contributed by atoms with van der Waals surface area (Å²) in [6.45, 7) is 8.37. The molecule has 0 saturated carbocycles. The van der Waals surface area contributed by atoms with Crippen molar-refractivity contribution in [3.63, 3.8) is 0 Å². The maximum atomic E-state index is 11.8. The molecule has 0 saturated heterocycles. The molecular weight excluding hydrogens is 208 g/mol. The molecule has 1 nitrogen and oxygen atoms in total. The Labute approximate surface area is 105 Å². The van der Waals surface area contributed by atoms with E-state index in [0.29, 0.717) is 6.42 Å². The van der Waals surface area contributed by atoms with E-state index in [-0.39, 0.29) is 5.78 Å². The van der Waals surface area contributed by atoms with Crippen molar-refractivity contribution in [1.82, 2.24) is 0 Å². The standard InChI is InChI=1S/C16H22O/c1-5-6-7-8-15(17)11-16-13(3)9-12(2)10-14(16)4/h7-10H,5-6,11H2,1-4H3. The van der Waals surface area contributed by atoms with Gasteiger partial charge in [-0.3, -0.25) is 4.79 Å². The lowest BCUT2D eigenvalue weighted by molar-refractivity contribution is -0.114. The maximum Gasteiger partial charge on any atom is 0.159 e.